The fraction of sp³-hybridized carbons (Fsp3) is 0.636. The second-order valence-electron chi connectivity index (χ2n) is 6.94. The zero-order valence-corrected chi connectivity index (χ0v) is 18.6. The molecular formula is C22H42Ti. The Labute approximate surface area is 164 Å². The number of rotatable bonds is 4. The van der Waals surface area contributed by atoms with Crippen LogP contribution in [0.5, 0.6) is 0 Å². The summed E-state index contributed by atoms with van der Waals surface area (Å²) >= 11 is 0. The van der Waals surface area contributed by atoms with Gasteiger partial charge in [-0.3, -0.25) is 0 Å². The first-order valence-corrected chi connectivity index (χ1v) is 8.79. The van der Waals surface area contributed by atoms with E-state index in [0.29, 0.717) is 5.41 Å². The van der Waals surface area contributed by atoms with Gasteiger partial charge in [0.25, 0.3) is 0 Å². The minimum absolute atomic E-state index is 0. The summed E-state index contributed by atoms with van der Waals surface area (Å²) in [5, 5.41) is 0. The van der Waals surface area contributed by atoms with Crippen LogP contribution in [0.4, 0.5) is 0 Å². The molecule has 0 heterocycles. The van der Waals surface area contributed by atoms with Crippen LogP contribution < -0.4 is 0 Å². The van der Waals surface area contributed by atoms with Crippen LogP contribution in [0.25, 0.3) is 0 Å². The largest absolute Gasteiger partial charge is 4.00 e. The number of hydrogen-bond acceptors (Lipinski definition) is 0. The van der Waals surface area contributed by atoms with Gasteiger partial charge >= 0.3 is 21.7 Å². The molecule has 134 valence electrons. The fourth-order valence-electron chi connectivity index (χ4n) is 0.946. The Morgan fingerprint density at radius 3 is 1.35 bits per heavy atom. The van der Waals surface area contributed by atoms with E-state index in [1.165, 1.54) is 25.7 Å². The normalized spacial score (nSPS) is 9.30. The monoisotopic (exact) mass is 354 g/mol. The van der Waals surface area contributed by atoms with Crippen molar-refractivity contribution in [2.45, 2.75) is 87.0 Å². The topological polar surface area (TPSA) is 0 Å². The minimum atomic E-state index is 0. The van der Waals surface area contributed by atoms with Gasteiger partial charge in [-0.05, 0) is 5.41 Å². The summed E-state index contributed by atoms with van der Waals surface area (Å²) in [6.45, 7) is 22.7. The minimum Gasteiger partial charge on any atom is -0.343 e. The Balaban J connectivity index is -0.000000111. The molecular weight excluding hydrogens is 312 g/mol. The van der Waals surface area contributed by atoms with E-state index in [-0.39, 0.29) is 21.7 Å². The summed E-state index contributed by atoms with van der Waals surface area (Å²) in [5.41, 5.74) is 0.511. The van der Waals surface area contributed by atoms with E-state index in [2.05, 4.69) is 62.3 Å². The Bertz CT molecular complexity index is 216. The van der Waals surface area contributed by atoms with Crippen LogP contribution in [-0.4, -0.2) is 0 Å². The summed E-state index contributed by atoms with van der Waals surface area (Å²) in [6, 6.07) is 10.0. The third kappa shape index (κ3) is 52.0. The molecule has 0 saturated heterocycles. The molecule has 0 aliphatic carbocycles. The van der Waals surface area contributed by atoms with Gasteiger partial charge in [0.1, 0.15) is 0 Å². The predicted molar refractivity (Wildman–Crippen MR) is 106 cm³/mol. The molecule has 0 spiro atoms. The van der Waals surface area contributed by atoms with Crippen molar-refractivity contribution in [1.29, 1.82) is 0 Å². The van der Waals surface area contributed by atoms with Gasteiger partial charge in [0, 0.05) is 0 Å². The molecule has 1 aromatic rings. The average Bonchev–Trinajstić information content (AvgIpc) is 3.04. The van der Waals surface area contributed by atoms with Gasteiger partial charge < -0.3 is 19.8 Å². The standard InChI is InChI=1S/C9H19.C5H5.2C4H9.Ti/c1-8(2)6-7-9(3,4)5;1-2-4-5-3-1;2*1-3-4-2;/h6-7H2,1-5H3;1-5H;2*1,3-4H2,2H3;/q4*-1;+4. The Hall–Kier alpha value is 0.0643. The quantitative estimate of drug-likeness (QED) is 0.379. The second-order valence-corrected chi connectivity index (χ2v) is 6.94. The van der Waals surface area contributed by atoms with E-state index in [1.54, 1.807) is 5.92 Å². The predicted octanol–water partition coefficient (Wildman–Crippen LogP) is 8.07. The van der Waals surface area contributed by atoms with Crippen molar-refractivity contribution in [3.05, 3.63) is 50.1 Å². The van der Waals surface area contributed by atoms with E-state index in [1.807, 2.05) is 30.3 Å². The first-order valence-electron chi connectivity index (χ1n) is 8.79. The third-order valence-corrected chi connectivity index (χ3v) is 2.64. The van der Waals surface area contributed by atoms with Gasteiger partial charge in [0.2, 0.25) is 0 Å². The third-order valence-electron chi connectivity index (χ3n) is 2.64. The molecule has 23 heavy (non-hydrogen) atoms. The van der Waals surface area contributed by atoms with E-state index in [4.69, 9.17) is 0 Å². The molecule has 0 unspecified atom stereocenters. The van der Waals surface area contributed by atoms with Crippen molar-refractivity contribution in [2.75, 3.05) is 0 Å². The summed E-state index contributed by atoms with van der Waals surface area (Å²) in [4.78, 5) is 0. The molecule has 0 aliphatic rings. The molecule has 0 aliphatic heterocycles. The van der Waals surface area contributed by atoms with Gasteiger partial charge in [-0.2, -0.15) is 51.3 Å². The molecule has 1 rings (SSSR count). The van der Waals surface area contributed by atoms with Gasteiger partial charge in [-0.1, -0.05) is 53.9 Å². The Morgan fingerprint density at radius 1 is 0.913 bits per heavy atom. The number of unbranched alkanes of at least 4 members (excludes halogenated alkanes) is 2. The second kappa shape index (κ2) is 24.3. The van der Waals surface area contributed by atoms with Crippen molar-refractivity contribution in [1.82, 2.24) is 0 Å². The molecule has 0 bridgehead atoms. The summed E-state index contributed by atoms with van der Waals surface area (Å²) in [6.07, 6.45) is 7.15. The maximum atomic E-state index is 3.60. The van der Waals surface area contributed by atoms with Gasteiger partial charge in [-0.25, -0.2) is 12.1 Å². The molecule has 0 saturated carbocycles. The first kappa shape index (κ1) is 30.9. The van der Waals surface area contributed by atoms with Crippen LogP contribution in [0.15, 0.2) is 30.3 Å². The van der Waals surface area contributed by atoms with E-state index < -0.39 is 0 Å². The van der Waals surface area contributed by atoms with E-state index in [0.717, 1.165) is 12.8 Å². The fourth-order valence-corrected chi connectivity index (χ4v) is 0.946. The van der Waals surface area contributed by atoms with Gasteiger partial charge in [0.15, 0.2) is 0 Å². The SMILES string of the molecule is C[C-](C)CCC(C)(C)C.[CH2-]CCC.[CH2-]CCC.[Ti+4].c1cc[cH-]c1. The molecule has 1 heteroatoms. The Kier molecular flexibility index (Phi) is 32.7. The molecule has 0 nitrogen and oxygen atoms in total. The van der Waals surface area contributed by atoms with Crippen LogP contribution in [0.2, 0.25) is 0 Å². The van der Waals surface area contributed by atoms with Crippen LogP contribution in [-0.2, 0) is 21.7 Å². The molecule has 0 atom stereocenters. The molecule has 0 radical (unpaired) electrons. The van der Waals surface area contributed by atoms with Gasteiger partial charge in [-0.15, -0.1) is 0 Å². The average molecular weight is 354 g/mol. The van der Waals surface area contributed by atoms with E-state index >= 15 is 0 Å². The zero-order valence-electron chi connectivity index (χ0n) is 17.0. The zero-order chi connectivity index (χ0) is 17.9. The van der Waals surface area contributed by atoms with Crippen molar-refractivity contribution in [3.63, 3.8) is 0 Å². The molecule has 0 aromatic heterocycles. The molecule has 0 amide bonds. The maximum absolute atomic E-state index is 3.60. The van der Waals surface area contributed by atoms with Gasteiger partial charge in [0.05, 0.1) is 0 Å². The first-order chi connectivity index (χ1) is 10.2. The maximum Gasteiger partial charge on any atom is 4.00 e. The van der Waals surface area contributed by atoms with Crippen LogP contribution in [0.3, 0.4) is 0 Å². The van der Waals surface area contributed by atoms with Crippen LogP contribution in [0.1, 0.15) is 87.0 Å². The van der Waals surface area contributed by atoms with Crippen molar-refractivity contribution in [3.8, 4) is 0 Å². The summed E-state index contributed by atoms with van der Waals surface area (Å²) < 4.78 is 0. The molecule has 1 aromatic carbocycles. The van der Waals surface area contributed by atoms with E-state index in [9.17, 15) is 0 Å². The smallest absolute Gasteiger partial charge is 0.343 e. The molecule has 0 fully saturated rings. The number of hydrogen-bond donors (Lipinski definition) is 0. The van der Waals surface area contributed by atoms with Crippen molar-refractivity contribution < 1.29 is 21.7 Å². The van der Waals surface area contributed by atoms with Crippen LogP contribution >= 0.6 is 0 Å². The van der Waals surface area contributed by atoms with Crippen molar-refractivity contribution in [2.24, 2.45) is 5.41 Å². The Morgan fingerprint density at radius 2 is 1.26 bits per heavy atom. The summed E-state index contributed by atoms with van der Waals surface area (Å²) in [7, 11) is 0. The van der Waals surface area contributed by atoms with Crippen molar-refractivity contribution >= 4 is 0 Å². The summed E-state index contributed by atoms with van der Waals surface area (Å²) in [5.74, 6) is 1.55. The van der Waals surface area contributed by atoms with Crippen LogP contribution in [0, 0.1) is 25.2 Å². The molecule has 0 N–H and O–H groups in total.